The van der Waals surface area contributed by atoms with Crippen LogP contribution >= 0.6 is 11.3 Å². The predicted molar refractivity (Wildman–Crippen MR) is 86.9 cm³/mol. The molecule has 1 saturated heterocycles. The number of carbonyl (C=O) groups excluding carboxylic acids is 1. The molecule has 1 aliphatic heterocycles. The van der Waals surface area contributed by atoms with Crippen molar-refractivity contribution in [2.24, 2.45) is 4.99 Å². The molecular formula is C16H22N2O2S. The van der Waals surface area contributed by atoms with Crippen LogP contribution in [0.25, 0.3) is 0 Å². The number of hydrogen-bond donors (Lipinski definition) is 0. The smallest absolute Gasteiger partial charge is 0.251 e. The summed E-state index contributed by atoms with van der Waals surface area (Å²) < 4.78 is 5.45. The van der Waals surface area contributed by atoms with Crippen molar-refractivity contribution >= 4 is 23.0 Å². The van der Waals surface area contributed by atoms with Gasteiger partial charge in [0.2, 0.25) is 0 Å². The molecule has 21 heavy (non-hydrogen) atoms. The number of morpholine rings is 1. The molecule has 1 aromatic heterocycles. The number of ether oxygens (including phenoxy) is 1. The van der Waals surface area contributed by atoms with Crippen molar-refractivity contribution < 1.29 is 9.53 Å². The van der Waals surface area contributed by atoms with Gasteiger partial charge in [0.05, 0.1) is 24.5 Å². The lowest BCUT2D eigenvalue weighted by Crippen LogP contribution is -2.55. The van der Waals surface area contributed by atoms with Gasteiger partial charge in [0.15, 0.2) is 0 Å². The monoisotopic (exact) mass is 306 g/mol. The largest absolute Gasteiger partial charge is 0.377 e. The molecule has 2 rings (SSSR count). The molecule has 1 aromatic rings. The van der Waals surface area contributed by atoms with Gasteiger partial charge >= 0.3 is 0 Å². The molecule has 114 valence electrons. The standard InChI is InChI=1S/C16H22N2O2S/c1-12(10-17-13(2)14-6-5-9-21-14)15(19)18-7-8-20-11-16(18,3)4/h5-6,9-10H,7-8,11H2,1-4H3/b12-10+,17-13?. The lowest BCUT2D eigenvalue weighted by Gasteiger charge is -2.42. The highest BCUT2D eigenvalue weighted by Crippen LogP contribution is 2.21. The van der Waals surface area contributed by atoms with Gasteiger partial charge in [-0.1, -0.05) is 6.07 Å². The Morgan fingerprint density at radius 3 is 2.86 bits per heavy atom. The van der Waals surface area contributed by atoms with E-state index >= 15 is 0 Å². The Morgan fingerprint density at radius 1 is 1.48 bits per heavy atom. The van der Waals surface area contributed by atoms with Gasteiger partial charge in [0, 0.05) is 23.2 Å². The Labute approximate surface area is 130 Å². The first kappa shape index (κ1) is 15.9. The zero-order valence-electron chi connectivity index (χ0n) is 13.0. The zero-order chi connectivity index (χ0) is 15.5. The fourth-order valence-electron chi connectivity index (χ4n) is 2.24. The molecule has 2 heterocycles. The van der Waals surface area contributed by atoms with Crippen LogP contribution in [-0.4, -0.2) is 41.8 Å². The Balaban J connectivity index is 2.11. The molecule has 5 heteroatoms. The van der Waals surface area contributed by atoms with Gasteiger partial charge in [-0.25, -0.2) is 0 Å². The highest BCUT2D eigenvalue weighted by atomic mass is 32.1. The number of rotatable bonds is 3. The van der Waals surface area contributed by atoms with Crippen molar-refractivity contribution in [1.82, 2.24) is 4.90 Å². The summed E-state index contributed by atoms with van der Waals surface area (Å²) in [6, 6.07) is 4.02. The van der Waals surface area contributed by atoms with E-state index < -0.39 is 0 Å². The van der Waals surface area contributed by atoms with Crippen LogP contribution in [0.1, 0.15) is 32.6 Å². The second-order valence-corrected chi connectivity index (χ2v) is 6.77. The van der Waals surface area contributed by atoms with Gasteiger partial charge in [-0.05, 0) is 39.1 Å². The van der Waals surface area contributed by atoms with Crippen molar-refractivity contribution in [3.05, 3.63) is 34.2 Å². The van der Waals surface area contributed by atoms with E-state index in [1.54, 1.807) is 17.5 Å². The molecule has 0 aromatic carbocycles. The summed E-state index contributed by atoms with van der Waals surface area (Å²) in [5, 5.41) is 2.02. The van der Waals surface area contributed by atoms with Gasteiger partial charge in [0.25, 0.3) is 5.91 Å². The molecule has 1 amide bonds. The SMILES string of the molecule is CC(=N/C=C(\C)C(=O)N1CCOCC1(C)C)c1cccs1. The normalized spacial score (nSPS) is 19.7. The summed E-state index contributed by atoms with van der Waals surface area (Å²) in [4.78, 5) is 20.0. The minimum Gasteiger partial charge on any atom is -0.377 e. The van der Waals surface area contributed by atoms with Gasteiger partial charge in [-0.15, -0.1) is 11.3 Å². The van der Waals surface area contributed by atoms with Crippen molar-refractivity contribution in [2.75, 3.05) is 19.8 Å². The van der Waals surface area contributed by atoms with E-state index in [0.29, 0.717) is 25.3 Å². The van der Waals surface area contributed by atoms with Crippen molar-refractivity contribution in [2.45, 2.75) is 33.2 Å². The maximum Gasteiger partial charge on any atom is 0.251 e. The Hall–Kier alpha value is -1.46. The molecule has 0 saturated carbocycles. The maximum atomic E-state index is 12.5. The quantitative estimate of drug-likeness (QED) is 0.636. The minimum atomic E-state index is -0.267. The Bertz CT molecular complexity index is 559. The predicted octanol–water partition coefficient (Wildman–Crippen LogP) is 3.10. The molecule has 0 N–H and O–H groups in total. The first-order valence-electron chi connectivity index (χ1n) is 7.06. The number of nitrogens with zero attached hydrogens (tertiary/aromatic N) is 2. The third-order valence-electron chi connectivity index (χ3n) is 3.56. The number of amides is 1. The Morgan fingerprint density at radius 2 is 2.24 bits per heavy atom. The summed E-state index contributed by atoms with van der Waals surface area (Å²) in [5.74, 6) is 0.0334. The average Bonchev–Trinajstić information content (AvgIpc) is 2.97. The van der Waals surface area contributed by atoms with Crippen LogP contribution in [0.15, 0.2) is 34.3 Å². The summed E-state index contributed by atoms with van der Waals surface area (Å²) in [5.41, 5.74) is 1.32. The van der Waals surface area contributed by atoms with Crippen molar-refractivity contribution in [1.29, 1.82) is 0 Å². The summed E-state index contributed by atoms with van der Waals surface area (Å²) >= 11 is 1.65. The van der Waals surface area contributed by atoms with Crippen LogP contribution in [-0.2, 0) is 9.53 Å². The number of thiophene rings is 1. The van der Waals surface area contributed by atoms with Gasteiger partial charge in [-0.3, -0.25) is 9.79 Å². The molecule has 1 aliphatic rings. The first-order chi connectivity index (χ1) is 9.92. The highest BCUT2D eigenvalue weighted by molar-refractivity contribution is 7.12. The van der Waals surface area contributed by atoms with Gasteiger partial charge in [0.1, 0.15) is 0 Å². The summed E-state index contributed by atoms with van der Waals surface area (Å²) in [6.07, 6.45) is 1.67. The van der Waals surface area contributed by atoms with E-state index in [-0.39, 0.29) is 11.4 Å². The second kappa shape index (κ2) is 6.54. The molecule has 4 nitrogen and oxygen atoms in total. The highest BCUT2D eigenvalue weighted by Gasteiger charge is 2.34. The van der Waals surface area contributed by atoms with Crippen LogP contribution in [0, 0.1) is 0 Å². The minimum absolute atomic E-state index is 0.0334. The van der Waals surface area contributed by atoms with E-state index in [4.69, 9.17) is 4.74 Å². The molecule has 0 spiro atoms. The maximum absolute atomic E-state index is 12.5. The lowest BCUT2D eigenvalue weighted by atomic mass is 10.0. The van der Waals surface area contributed by atoms with E-state index in [1.807, 2.05) is 50.1 Å². The van der Waals surface area contributed by atoms with Crippen molar-refractivity contribution in [3.63, 3.8) is 0 Å². The Kier molecular flexibility index (Phi) is 4.96. The molecule has 0 radical (unpaired) electrons. The fraction of sp³-hybridized carbons (Fsp3) is 0.500. The number of hydrogen-bond acceptors (Lipinski definition) is 4. The van der Waals surface area contributed by atoms with Gasteiger partial charge < -0.3 is 9.64 Å². The second-order valence-electron chi connectivity index (χ2n) is 5.83. The zero-order valence-corrected chi connectivity index (χ0v) is 13.9. The molecule has 1 fully saturated rings. The number of carbonyl (C=O) groups is 1. The van der Waals surface area contributed by atoms with E-state index in [9.17, 15) is 4.79 Å². The van der Waals surface area contributed by atoms with Crippen LogP contribution in [0.2, 0.25) is 0 Å². The van der Waals surface area contributed by atoms with Gasteiger partial charge in [-0.2, -0.15) is 0 Å². The van der Waals surface area contributed by atoms with E-state index in [1.165, 1.54) is 0 Å². The number of aliphatic imine (C=N–C) groups is 1. The molecule has 0 aliphatic carbocycles. The lowest BCUT2D eigenvalue weighted by molar-refractivity contribution is -0.141. The average molecular weight is 306 g/mol. The molecule has 0 bridgehead atoms. The molecule has 0 atom stereocenters. The van der Waals surface area contributed by atoms with Crippen LogP contribution in [0.4, 0.5) is 0 Å². The van der Waals surface area contributed by atoms with Crippen LogP contribution < -0.4 is 0 Å². The topological polar surface area (TPSA) is 41.9 Å². The molecular weight excluding hydrogens is 284 g/mol. The van der Waals surface area contributed by atoms with Crippen LogP contribution in [0.5, 0.6) is 0 Å². The fourth-order valence-corrected chi connectivity index (χ4v) is 2.93. The summed E-state index contributed by atoms with van der Waals surface area (Å²) in [7, 11) is 0. The van der Waals surface area contributed by atoms with E-state index in [0.717, 1.165) is 10.6 Å². The van der Waals surface area contributed by atoms with Crippen molar-refractivity contribution in [3.8, 4) is 0 Å². The summed E-state index contributed by atoms with van der Waals surface area (Å²) in [6.45, 7) is 9.63. The molecule has 0 unspecified atom stereocenters. The van der Waals surface area contributed by atoms with E-state index in [2.05, 4.69) is 4.99 Å². The first-order valence-corrected chi connectivity index (χ1v) is 7.94. The third-order valence-corrected chi connectivity index (χ3v) is 4.54. The van der Waals surface area contributed by atoms with Crippen LogP contribution in [0.3, 0.4) is 0 Å². The third kappa shape index (κ3) is 3.80.